The molecule has 6 nitrogen and oxygen atoms in total. The summed E-state index contributed by atoms with van der Waals surface area (Å²) >= 11 is 0. The summed E-state index contributed by atoms with van der Waals surface area (Å²) in [4.78, 5) is 16.1. The first-order valence-corrected chi connectivity index (χ1v) is 7.48. The molecule has 120 valence electrons. The highest BCUT2D eigenvalue weighted by Gasteiger charge is 2.22. The zero-order chi connectivity index (χ0) is 16.2. The largest absolute Gasteiger partial charge is 0.391 e. The van der Waals surface area contributed by atoms with E-state index in [4.69, 9.17) is 0 Å². The number of imidazole rings is 1. The molecule has 1 atom stereocenters. The van der Waals surface area contributed by atoms with Gasteiger partial charge in [0, 0.05) is 31.9 Å². The molecule has 0 saturated heterocycles. The second-order valence-corrected chi connectivity index (χ2v) is 6.47. The van der Waals surface area contributed by atoms with Gasteiger partial charge in [0.2, 0.25) is 0 Å². The number of fused-ring (bicyclic) bond motifs is 1. The third-order valence-electron chi connectivity index (χ3n) is 3.54. The van der Waals surface area contributed by atoms with E-state index in [2.05, 4.69) is 15.6 Å². The van der Waals surface area contributed by atoms with Gasteiger partial charge in [0.25, 0.3) is 0 Å². The first kappa shape index (κ1) is 16.3. The van der Waals surface area contributed by atoms with Crippen molar-refractivity contribution in [3.05, 3.63) is 36.3 Å². The molecule has 0 radical (unpaired) electrons. The zero-order valence-electron chi connectivity index (χ0n) is 13.3. The number of hydrogen-bond donors (Lipinski definition) is 3. The quantitative estimate of drug-likeness (QED) is 0.785. The lowest BCUT2D eigenvalue weighted by atomic mass is 9.89. The van der Waals surface area contributed by atoms with Crippen molar-refractivity contribution in [2.45, 2.75) is 33.3 Å². The molecule has 0 fully saturated rings. The van der Waals surface area contributed by atoms with Crippen LogP contribution < -0.4 is 10.6 Å². The molecule has 2 aromatic heterocycles. The van der Waals surface area contributed by atoms with Gasteiger partial charge in [-0.15, -0.1) is 0 Å². The summed E-state index contributed by atoms with van der Waals surface area (Å²) in [6, 6.07) is 5.56. The second-order valence-electron chi connectivity index (χ2n) is 6.47. The molecule has 22 heavy (non-hydrogen) atoms. The molecule has 2 aromatic rings. The van der Waals surface area contributed by atoms with Crippen LogP contribution in [0.3, 0.4) is 0 Å². The lowest BCUT2D eigenvalue weighted by molar-refractivity contribution is 0.0650. The van der Waals surface area contributed by atoms with Gasteiger partial charge in [-0.3, -0.25) is 0 Å². The smallest absolute Gasteiger partial charge is 0.314 e. The predicted molar refractivity (Wildman–Crippen MR) is 85.8 cm³/mol. The molecular formula is C16H24N4O2. The average molecular weight is 304 g/mol. The number of aliphatic hydroxyl groups excluding tert-OH is 1. The Hall–Kier alpha value is -2.08. The molecule has 2 rings (SSSR count). The summed E-state index contributed by atoms with van der Waals surface area (Å²) in [5.41, 5.74) is 1.58. The van der Waals surface area contributed by atoms with E-state index in [1.54, 1.807) is 0 Å². The summed E-state index contributed by atoms with van der Waals surface area (Å²) in [5.74, 6) is 0. The highest BCUT2D eigenvalue weighted by molar-refractivity contribution is 5.73. The number of urea groups is 1. The molecule has 0 aliphatic rings. The van der Waals surface area contributed by atoms with Gasteiger partial charge in [0.1, 0.15) is 5.65 Å². The maximum absolute atomic E-state index is 11.7. The van der Waals surface area contributed by atoms with Crippen molar-refractivity contribution in [3.63, 3.8) is 0 Å². The average Bonchev–Trinajstić information content (AvgIpc) is 2.86. The number of nitrogens with one attached hydrogen (secondary N) is 2. The predicted octanol–water partition coefficient (Wildman–Crippen LogP) is 1.58. The minimum atomic E-state index is -0.573. The van der Waals surface area contributed by atoms with Gasteiger partial charge in [0.15, 0.2) is 0 Å². The summed E-state index contributed by atoms with van der Waals surface area (Å²) in [6.45, 7) is 6.53. The van der Waals surface area contributed by atoms with E-state index in [9.17, 15) is 9.90 Å². The zero-order valence-corrected chi connectivity index (χ0v) is 13.3. The van der Waals surface area contributed by atoms with Crippen LogP contribution in [0.2, 0.25) is 0 Å². The molecule has 0 aromatic carbocycles. The lowest BCUT2D eigenvalue weighted by Gasteiger charge is -2.25. The Bertz CT molecular complexity index is 597. The number of nitrogens with zero attached hydrogens (tertiary/aromatic N) is 2. The van der Waals surface area contributed by atoms with Crippen molar-refractivity contribution in [2.24, 2.45) is 5.41 Å². The third-order valence-corrected chi connectivity index (χ3v) is 3.54. The van der Waals surface area contributed by atoms with Gasteiger partial charge >= 0.3 is 6.03 Å². The number of carbonyl (C=O) groups excluding carboxylic acids is 1. The van der Waals surface area contributed by atoms with E-state index in [1.807, 2.05) is 55.8 Å². The van der Waals surface area contributed by atoms with Crippen molar-refractivity contribution in [1.82, 2.24) is 20.0 Å². The van der Waals surface area contributed by atoms with Crippen LogP contribution in [-0.2, 0) is 6.42 Å². The van der Waals surface area contributed by atoms with Crippen LogP contribution in [0.25, 0.3) is 5.65 Å². The van der Waals surface area contributed by atoms with E-state index in [0.717, 1.165) is 11.3 Å². The van der Waals surface area contributed by atoms with E-state index in [-0.39, 0.29) is 18.0 Å². The fraction of sp³-hybridized carbons (Fsp3) is 0.500. The van der Waals surface area contributed by atoms with Gasteiger partial charge < -0.3 is 20.1 Å². The van der Waals surface area contributed by atoms with Crippen molar-refractivity contribution < 1.29 is 9.90 Å². The van der Waals surface area contributed by atoms with Crippen molar-refractivity contribution >= 4 is 11.7 Å². The fourth-order valence-corrected chi connectivity index (χ4v) is 1.97. The first-order valence-electron chi connectivity index (χ1n) is 7.48. The molecular weight excluding hydrogens is 280 g/mol. The van der Waals surface area contributed by atoms with Gasteiger partial charge in [-0.1, -0.05) is 26.8 Å². The Morgan fingerprint density at radius 3 is 2.82 bits per heavy atom. The van der Waals surface area contributed by atoms with Gasteiger partial charge in [-0.2, -0.15) is 0 Å². The minimum absolute atomic E-state index is 0.240. The van der Waals surface area contributed by atoms with Crippen LogP contribution >= 0.6 is 0 Å². The molecule has 0 saturated carbocycles. The van der Waals surface area contributed by atoms with Crippen LogP contribution in [0.5, 0.6) is 0 Å². The van der Waals surface area contributed by atoms with Crippen molar-refractivity contribution in [2.75, 3.05) is 13.1 Å². The van der Waals surface area contributed by atoms with Crippen LogP contribution in [0.1, 0.15) is 26.5 Å². The van der Waals surface area contributed by atoms with Crippen molar-refractivity contribution in [1.29, 1.82) is 0 Å². The standard InChI is InChI=1S/C16H24N4O2/c1-16(2,3)13(21)10-18-15(22)17-8-7-12-11-20-9-5-4-6-14(20)19-12/h4-6,9,11,13,21H,7-8,10H2,1-3H3,(H2,17,18,22). The Kier molecular flexibility index (Phi) is 5.03. The molecule has 3 N–H and O–H groups in total. The highest BCUT2D eigenvalue weighted by Crippen LogP contribution is 2.17. The van der Waals surface area contributed by atoms with Crippen LogP contribution in [0.4, 0.5) is 4.79 Å². The monoisotopic (exact) mass is 304 g/mol. The summed E-state index contributed by atoms with van der Waals surface area (Å²) < 4.78 is 1.95. The normalized spacial score (nSPS) is 13.1. The van der Waals surface area contributed by atoms with E-state index < -0.39 is 6.10 Å². The van der Waals surface area contributed by atoms with Crippen LogP contribution in [0.15, 0.2) is 30.6 Å². The Balaban J connectivity index is 1.73. The van der Waals surface area contributed by atoms with Gasteiger partial charge in [0.05, 0.1) is 11.8 Å². The fourth-order valence-electron chi connectivity index (χ4n) is 1.97. The Labute approximate surface area is 130 Å². The van der Waals surface area contributed by atoms with E-state index in [0.29, 0.717) is 13.0 Å². The molecule has 2 amide bonds. The molecule has 0 aliphatic heterocycles. The minimum Gasteiger partial charge on any atom is -0.391 e. The number of pyridine rings is 1. The topological polar surface area (TPSA) is 78.7 Å². The molecule has 0 spiro atoms. The number of aliphatic hydroxyl groups is 1. The number of rotatable bonds is 5. The second kappa shape index (κ2) is 6.79. The van der Waals surface area contributed by atoms with Crippen LogP contribution in [0, 0.1) is 5.41 Å². The van der Waals surface area contributed by atoms with Crippen molar-refractivity contribution in [3.8, 4) is 0 Å². The third kappa shape index (κ3) is 4.46. The molecule has 0 bridgehead atoms. The van der Waals surface area contributed by atoms with Crippen LogP contribution in [-0.4, -0.2) is 39.7 Å². The summed E-state index contributed by atoms with van der Waals surface area (Å²) in [6.07, 6.45) is 3.99. The molecule has 2 heterocycles. The summed E-state index contributed by atoms with van der Waals surface area (Å²) in [7, 11) is 0. The van der Waals surface area contributed by atoms with Gasteiger partial charge in [-0.25, -0.2) is 9.78 Å². The Morgan fingerprint density at radius 1 is 1.36 bits per heavy atom. The van der Waals surface area contributed by atoms with E-state index in [1.165, 1.54) is 0 Å². The number of hydrogen-bond acceptors (Lipinski definition) is 3. The maximum Gasteiger partial charge on any atom is 0.314 e. The molecule has 1 unspecified atom stereocenters. The summed E-state index contributed by atoms with van der Waals surface area (Å²) in [5, 5.41) is 15.3. The van der Waals surface area contributed by atoms with Gasteiger partial charge in [-0.05, 0) is 17.5 Å². The maximum atomic E-state index is 11.7. The molecule has 0 aliphatic carbocycles. The Morgan fingerprint density at radius 2 is 2.14 bits per heavy atom. The number of amides is 2. The van der Waals surface area contributed by atoms with E-state index >= 15 is 0 Å². The number of aromatic nitrogens is 2. The lowest BCUT2D eigenvalue weighted by Crippen LogP contribution is -2.44. The highest BCUT2D eigenvalue weighted by atomic mass is 16.3. The first-order chi connectivity index (χ1) is 10.4. The molecule has 6 heteroatoms. The number of carbonyl (C=O) groups is 1. The SMILES string of the molecule is CC(C)(C)C(O)CNC(=O)NCCc1cn2ccccc2n1.